The first-order chi connectivity index (χ1) is 24.5. The zero-order valence-corrected chi connectivity index (χ0v) is 31.9. The number of nitrogens with two attached hydrogens (primary N) is 5. The summed E-state index contributed by atoms with van der Waals surface area (Å²) in [5, 5.41) is 20.2. The van der Waals surface area contributed by atoms with Crippen molar-refractivity contribution >= 4 is 71.8 Å². The van der Waals surface area contributed by atoms with E-state index in [1.54, 1.807) is 0 Å². The van der Waals surface area contributed by atoms with Crippen molar-refractivity contribution in [2.24, 2.45) is 44.6 Å². The fourth-order valence-electron chi connectivity index (χ4n) is 5.43. The molecular weight excluding hydrogens is 717 g/mol. The van der Waals surface area contributed by atoms with E-state index in [1.165, 1.54) is 16.7 Å². The van der Waals surface area contributed by atoms with Gasteiger partial charge in [-0.3, -0.25) is 34.0 Å². The molecule has 1 heterocycles. The fourth-order valence-corrected chi connectivity index (χ4v) is 6.15. The summed E-state index contributed by atoms with van der Waals surface area (Å²) in [6.45, 7) is 4.37. The van der Waals surface area contributed by atoms with Crippen molar-refractivity contribution in [2.75, 3.05) is 37.4 Å². The van der Waals surface area contributed by atoms with Crippen molar-refractivity contribution in [1.29, 1.82) is 0 Å². The number of thioether (sulfide) groups is 1. The largest absolute Gasteiger partial charge is 0.480 e. The lowest BCUT2D eigenvalue weighted by Gasteiger charge is -2.30. The van der Waals surface area contributed by atoms with E-state index in [1.807, 2.05) is 20.1 Å². The molecule has 0 aromatic heterocycles. The molecule has 0 aliphatic carbocycles. The van der Waals surface area contributed by atoms with Gasteiger partial charge in [0.25, 0.3) is 0 Å². The van der Waals surface area contributed by atoms with E-state index in [9.17, 15) is 33.9 Å². The fraction of sp³-hybridized carbons (Fsp3) is 0.742. The van der Waals surface area contributed by atoms with E-state index in [4.69, 9.17) is 28.7 Å². The van der Waals surface area contributed by atoms with Crippen LogP contribution in [-0.2, 0) is 28.8 Å². The topological polar surface area (TPSA) is 329 Å². The Morgan fingerprint density at radius 1 is 0.827 bits per heavy atom. The Kier molecular flexibility index (Phi) is 21.5. The second-order valence-electron chi connectivity index (χ2n) is 12.9. The molecule has 1 fully saturated rings. The minimum absolute atomic E-state index is 0.0523. The van der Waals surface area contributed by atoms with Gasteiger partial charge in [-0.1, -0.05) is 13.8 Å². The highest BCUT2D eigenvalue weighted by Gasteiger charge is 2.39. The maximum absolute atomic E-state index is 13.7. The first-order valence-corrected chi connectivity index (χ1v) is 19.3. The molecule has 19 nitrogen and oxygen atoms in total. The summed E-state index contributed by atoms with van der Waals surface area (Å²) in [5.41, 5.74) is 27.5. The SMILES string of the molecule is CSCC[C@H](NC(=O)[C@@H](N)CC(C)C)C(=O)N[C@@H](CCCN=C(N)N)C(=O)N[C@@H](CS)C(=O)N1CCC[C@H]1C(=O)N[C@@H](CCCN=C(N)N)C(=O)O. The number of amides is 5. The second-order valence-corrected chi connectivity index (χ2v) is 14.2. The molecular formula is C31H58N12O7S2. The van der Waals surface area contributed by atoms with Gasteiger partial charge in [0.15, 0.2) is 11.9 Å². The van der Waals surface area contributed by atoms with Gasteiger partial charge in [0, 0.05) is 25.4 Å². The van der Waals surface area contributed by atoms with E-state index in [0.29, 0.717) is 18.6 Å². The number of carboxylic acid groups (broad SMARTS) is 1. The number of carboxylic acids is 1. The van der Waals surface area contributed by atoms with Crippen LogP contribution in [0.5, 0.6) is 0 Å². The van der Waals surface area contributed by atoms with Crippen LogP contribution in [0.25, 0.3) is 0 Å². The molecule has 1 aliphatic heterocycles. The predicted octanol–water partition coefficient (Wildman–Crippen LogP) is -2.84. The van der Waals surface area contributed by atoms with Crippen molar-refractivity contribution in [3.8, 4) is 0 Å². The molecule has 0 radical (unpaired) electrons. The minimum atomic E-state index is -1.25. The number of guanidine groups is 2. The highest BCUT2D eigenvalue weighted by Crippen LogP contribution is 2.20. The molecule has 6 atom stereocenters. The number of nitrogens with one attached hydrogen (secondary N) is 4. The van der Waals surface area contributed by atoms with Crippen LogP contribution in [-0.4, -0.2) is 131 Å². The average molecular weight is 775 g/mol. The molecule has 1 rings (SSSR count). The van der Waals surface area contributed by atoms with Gasteiger partial charge < -0.3 is 59.9 Å². The maximum Gasteiger partial charge on any atom is 0.326 e. The van der Waals surface area contributed by atoms with Gasteiger partial charge in [-0.2, -0.15) is 24.4 Å². The lowest BCUT2D eigenvalue weighted by Crippen LogP contribution is -2.59. The summed E-state index contributed by atoms with van der Waals surface area (Å²) in [4.78, 5) is 87.9. The lowest BCUT2D eigenvalue weighted by atomic mass is 10.0. The molecule has 0 aromatic carbocycles. The number of hydrogen-bond donors (Lipinski definition) is 11. The van der Waals surface area contributed by atoms with Crippen molar-refractivity contribution in [1.82, 2.24) is 26.2 Å². The van der Waals surface area contributed by atoms with Crippen molar-refractivity contribution in [3.63, 3.8) is 0 Å². The van der Waals surface area contributed by atoms with Crippen molar-refractivity contribution in [3.05, 3.63) is 0 Å². The van der Waals surface area contributed by atoms with Crippen molar-refractivity contribution < 1.29 is 33.9 Å². The monoisotopic (exact) mass is 774 g/mol. The molecule has 1 aliphatic rings. The number of likely N-dealkylation sites (tertiary alicyclic amines) is 1. The smallest absolute Gasteiger partial charge is 0.326 e. The molecule has 296 valence electrons. The normalized spacial score (nSPS) is 16.8. The standard InChI is InChI=1S/C31H58N12O7S2/c1-17(2)15-18(32)24(44)39-20(10-14-52-3)26(46)40-19(7-4-11-37-30(33)34)25(45)42-22(16-51)28(48)43-13-6-9-23(43)27(47)41-21(29(49)50)8-5-12-38-31(35)36/h17-23,51H,4-16,32H2,1-3H3,(H,39,44)(H,40,46)(H,41,47)(H,42,45)(H,49,50)(H4,33,34,37)(H4,35,36,38)/t18-,19-,20-,21-,22-,23-/m0/s1. The van der Waals surface area contributed by atoms with E-state index >= 15 is 0 Å². The molecule has 1 saturated heterocycles. The summed E-state index contributed by atoms with van der Waals surface area (Å²) in [7, 11) is 0. The third-order valence-electron chi connectivity index (χ3n) is 8.08. The number of hydrogen-bond acceptors (Lipinski definition) is 11. The zero-order chi connectivity index (χ0) is 39.4. The van der Waals surface area contributed by atoms with Gasteiger partial charge in [0.05, 0.1) is 6.04 Å². The number of carbonyl (C=O) groups excluding carboxylic acids is 5. The number of nitrogens with zero attached hydrogens (tertiary/aromatic N) is 3. The van der Waals surface area contributed by atoms with Crippen molar-refractivity contribution in [2.45, 2.75) is 101 Å². The first kappa shape index (κ1) is 46.0. The summed E-state index contributed by atoms with van der Waals surface area (Å²) in [6.07, 6.45) is 3.97. The number of aliphatic imine (C=N–C) groups is 2. The molecule has 5 amide bonds. The van der Waals surface area contributed by atoms with E-state index in [2.05, 4.69) is 43.9 Å². The molecule has 0 unspecified atom stereocenters. The van der Waals surface area contributed by atoms with Crippen LogP contribution in [0.15, 0.2) is 9.98 Å². The van der Waals surface area contributed by atoms with Crippen LogP contribution in [0.1, 0.15) is 65.2 Å². The molecule has 0 bridgehead atoms. The Bertz CT molecular complexity index is 1260. The van der Waals surface area contributed by atoms with E-state index < -0.39 is 71.8 Å². The quantitative estimate of drug-likeness (QED) is 0.0204. The molecule has 0 saturated carbocycles. The van der Waals surface area contributed by atoms with Gasteiger partial charge in [-0.05, 0) is 69.3 Å². The summed E-state index contributed by atoms with van der Waals surface area (Å²) in [5.74, 6) is -4.06. The Morgan fingerprint density at radius 2 is 1.35 bits per heavy atom. The molecule has 15 N–H and O–H groups in total. The average Bonchev–Trinajstić information content (AvgIpc) is 3.57. The highest BCUT2D eigenvalue weighted by molar-refractivity contribution is 7.98. The lowest BCUT2D eigenvalue weighted by molar-refractivity contribution is -0.145. The second kappa shape index (κ2) is 24.3. The number of aliphatic carboxylic acids is 1. The highest BCUT2D eigenvalue weighted by atomic mass is 32.2. The Balaban J connectivity index is 3.13. The zero-order valence-electron chi connectivity index (χ0n) is 30.2. The maximum atomic E-state index is 13.7. The third-order valence-corrected chi connectivity index (χ3v) is 9.09. The predicted molar refractivity (Wildman–Crippen MR) is 204 cm³/mol. The molecule has 21 heteroatoms. The van der Waals surface area contributed by atoms with Crippen LogP contribution in [0.4, 0.5) is 0 Å². The molecule has 52 heavy (non-hydrogen) atoms. The Hall–Kier alpha value is -3.98. The van der Waals surface area contributed by atoms with Gasteiger partial charge in [0.1, 0.15) is 30.2 Å². The van der Waals surface area contributed by atoms with Crippen LogP contribution >= 0.6 is 24.4 Å². The van der Waals surface area contributed by atoms with Gasteiger partial charge in [-0.15, -0.1) is 0 Å². The first-order valence-electron chi connectivity index (χ1n) is 17.2. The number of carbonyl (C=O) groups is 6. The minimum Gasteiger partial charge on any atom is -0.480 e. The number of rotatable bonds is 24. The Labute approximate surface area is 314 Å². The van der Waals surface area contributed by atoms with E-state index in [-0.39, 0.29) is 81.7 Å². The van der Waals surface area contributed by atoms with Crippen LogP contribution in [0.2, 0.25) is 0 Å². The van der Waals surface area contributed by atoms with Gasteiger partial charge in [-0.25, -0.2) is 4.79 Å². The van der Waals surface area contributed by atoms with Crippen LogP contribution < -0.4 is 49.9 Å². The summed E-state index contributed by atoms with van der Waals surface area (Å²) < 4.78 is 0. The summed E-state index contributed by atoms with van der Waals surface area (Å²) >= 11 is 5.76. The summed E-state index contributed by atoms with van der Waals surface area (Å²) in [6, 6.07) is -6.39. The Morgan fingerprint density at radius 3 is 1.85 bits per heavy atom. The van der Waals surface area contributed by atoms with Gasteiger partial charge >= 0.3 is 5.97 Å². The molecule has 0 spiro atoms. The number of thiol groups is 1. The van der Waals surface area contributed by atoms with Gasteiger partial charge in [0.2, 0.25) is 29.5 Å². The van der Waals surface area contributed by atoms with E-state index in [0.717, 1.165) is 0 Å². The third kappa shape index (κ3) is 17.0. The van der Waals surface area contributed by atoms with Crippen LogP contribution in [0, 0.1) is 5.92 Å². The van der Waals surface area contributed by atoms with Crippen LogP contribution in [0.3, 0.4) is 0 Å². The molecule has 0 aromatic rings.